The van der Waals surface area contributed by atoms with E-state index in [-0.39, 0.29) is 5.43 Å². The summed E-state index contributed by atoms with van der Waals surface area (Å²) in [5, 5.41) is 4.49. The molecule has 1 nitrogen and oxygen atoms in total. The molecular weight excluding hydrogens is 335 g/mol. The Morgan fingerprint density at radius 3 is 2.38 bits per heavy atom. The molecule has 0 spiro atoms. The average Bonchev–Trinajstić information content (AvgIpc) is 2.62. The zero-order valence-electron chi connectivity index (χ0n) is 16.8. The Morgan fingerprint density at radius 2 is 1.69 bits per heavy atom. The second-order valence-corrected chi connectivity index (χ2v) is 10.6. The number of rotatable bonds is 6. The van der Waals surface area contributed by atoms with Crippen molar-refractivity contribution in [2.45, 2.75) is 71.9 Å². The number of unbranched alkanes of at least 4 members (excludes halogenated alkanes) is 2. The first-order chi connectivity index (χ1) is 12.5. The van der Waals surface area contributed by atoms with Crippen molar-refractivity contribution in [3.63, 3.8) is 0 Å². The maximum Gasteiger partial charge on any atom is 0.194 e. The topological polar surface area (TPSA) is 17.1 Å². The van der Waals surface area contributed by atoms with Gasteiger partial charge in [0.15, 0.2) is 5.43 Å². The molecule has 0 aliphatic heterocycles. The molecule has 2 heteroatoms. The minimum atomic E-state index is -0.488. The van der Waals surface area contributed by atoms with Crippen LogP contribution < -0.4 is 5.43 Å². The van der Waals surface area contributed by atoms with E-state index in [1.165, 1.54) is 47.0 Å². The van der Waals surface area contributed by atoms with Gasteiger partial charge in [0.25, 0.3) is 0 Å². The van der Waals surface area contributed by atoms with Crippen molar-refractivity contribution in [2.75, 3.05) is 0 Å². The molecule has 1 heterocycles. The van der Waals surface area contributed by atoms with Gasteiger partial charge in [-0.1, -0.05) is 77.3 Å². The number of benzene rings is 2. The molecule has 0 amide bonds. The van der Waals surface area contributed by atoms with E-state index in [0.717, 1.165) is 10.8 Å². The minimum Gasteiger partial charge on any atom is -0.289 e. The lowest BCUT2D eigenvalue weighted by molar-refractivity contribution is 0.597. The maximum atomic E-state index is 13.1. The molecule has 2 unspecified atom stereocenters. The lowest BCUT2D eigenvalue weighted by atomic mass is 9.91. The van der Waals surface area contributed by atoms with E-state index in [9.17, 15) is 4.79 Å². The van der Waals surface area contributed by atoms with Crippen molar-refractivity contribution < 1.29 is 0 Å². The molecule has 3 aromatic rings. The smallest absolute Gasteiger partial charge is 0.194 e. The van der Waals surface area contributed by atoms with Crippen molar-refractivity contribution in [3.05, 3.63) is 57.7 Å². The van der Waals surface area contributed by atoms with Gasteiger partial charge in [-0.05, 0) is 42.1 Å². The van der Waals surface area contributed by atoms with Gasteiger partial charge in [-0.2, -0.15) is 0 Å². The molecule has 3 rings (SSSR count). The summed E-state index contributed by atoms with van der Waals surface area (Å²) in [4.78, 5) is 13.1. The fraction of sp³-hybridized carbons (Fsp3) is 0.458. The van der Waals surface area contributed by atoms with Crippen LogP contribution in [0, 0.1) is 6.92 Å². The second kappa shape index (κ2) is 7.97. The Balaban J connectivity index is 2.29. The van der Waals surface area contributed by atoms with Crippen LogP contribution >= 0.6 is 7.53 Å². The van der Waals surface area contributed by atoms with Crippen LogP contribution in [0.1, 0.15) is 76.1 Å². The summed E-state index contributed by atoms with van der Waals surface area (Å²) in [6.07, 6.45) is 5.09. The average molecular weight is 366 g/mol. The van der Waals surface area contributed by atoms with Crippen LogP contribution in [0.3, 0.4) is 0 Å². The van der Waals surface area contributed by atoms with Crippen LogP contribution in [0.25, 0.3) is 21.0 Å². The minimum absolute atomic E-state index is 0.211. The third kappa shape index (κ3) is 3.35. The molecule has 26 heavy (non-hydrogen) atoms. The van der Waals surface area contributed by atoms with Gasteiger partial charge in [0.05, 0.1) is 0 Å². The van der Waals surface area contributed by atoms with Crippen LogP contribution in [0.15, 0.2) is 41.2 Å². The van der Waals surface area contributed by atoms with Crippen LogP contribution in [0.5, 0.6) is 0 Å². The lowest BCUT2D eigenvalue weighted by Gasteiger charge is -2.21. The third-order valence-corrected chi connectivity index (χ3v) is 8.65. The first-order valence-corrected chi connectivity index (χ1v) is 11.4. The van der Waals surface area contributed by atoms with E-state index in [1.54, 1.807) is 0 Å². The molecule has 1 aromatic heterocycles. The zero-order valence-corrected chi connectivity index (χ0v) is 17.7. The molecule has 0 bridgehead atoms. The first-order valence-electron chi connectivity index (χ1n) is 10.0. The summed E-state index contributed by atoms with van der Waals surface area (Å²) in [5.74, 6) is 0.558. The third-order valence-electron chi connectivity index (χ3n) is 5.65. The highest BCUT2D eigenvalue weighted by Gasteiger charge is 2.18. The number of hydrogen-bond acceptors (Lipinski definition) is 1. The zero-order chi connectivity index (χ0) is 18.8. The van der Waals surface area contributed by atoms with Crippen molar-refractivity contribution in [1.82, 2.24) is 0 Å². The van der Waals surface area contributed by atoms with E-state index in [4.69, 9.17) is 0 Å². The Labute approximate surface area is 158 Å². The van der Waals surface area contributed by atoms with Crippen molar-refractivity contribution in [1.29, 1.82) is 0 Å². The predicted octanol–water partition coefficient (Wildman–Crippen LogP) is 7.91. The number of hydrogen-bond donors (Lipinski definition) is 0. The summed E-state index contributed by atoms with van der Waals surface area (Å²) in [5.41, 5.74) is 3.56. The van der Waals surface area contributed by atoms with E-state index in [2.05, 4.69) is 58.9 Å². The van der Waals surface area contributed by atoms with Crippen molar-refractivity contribution in [2.24, 2.45) is 0 Å². The van der Waals surface area contributed by atoms with Gasteiger partial charge >= 0.3 is 0 Å². The first kappa shape index (κ1) is 19.2. The summed E-state index contributed by atoms with van der Waals surface area (Å²) in [7, 11) is -0.488. The van der Waals surface area contributed by atoms with Crippen LogP contribution in [-0.4, -0.2) is 0 Å². The van der Waals surface area contributed by atoms with Gasteiger partial charge in [0.2, 0.25) is 0 Å². The second-order valence-electron chi connectivity index (χ2n) is 7.88. The summed E-state index contributed by atoms with van der Waals surface area (Å²) in [6.45, 7) is 11.5. The molecule has 138 valence electrons. The van der Waals surface area contributed by atoms with Gasteiger partial charge in [-0.15, -0.1) is 7.53 Å². The van der Waals surface area contributed by atoms with Gasteiger partial charge in [0, 0.05) is 21.0 Å². The Morgan fingerprint density at radius 1 is 0.962 bits per heavy atom. The highest BCUT2D eigenvalue weighted by molar-refractivity contribution is 7.61. The van der Waals surface area contributed by atoms with E-state index in [0.29, 0.717) is 11.6 Å². The molecule has 0 N–H and O–H groups in total. The fourth-order valence-corrected chi connectivity index (χ4v) is 7.20. The Hall–Kier alpha value is -1.59. The highest BCUT2D eigenvalue weighted by atomic mass is 31.1. The van der Waals surface area contributed by atoms with Gasteiger partial charge in [-0.3, -0.25) is 4.79 Å². The quantitative estimate of drug-likeness (QED) is 0.320. The molecular formula is C24H31OP. The van der Waals surface area contributed by atoms with E-state index in [1.807, 2.05) is 12.1 Å². The molecule has 0 saturated heterocycles. The molecule has 2 atom stereocenters. The van der Waals surface area contributed by atoms with Crippen LogP contribution in [0.2, 0.25) is 0 Å². The largest absolute Gasteiger partial charge is 0.289 e. The predicted molar refractivity (Wildman–Crippen MR) is 118 cm³/mol. The normalized spacial score (nSPS) is 13.7. The number of fused-ring (bicyclic) bond motifs is 2. The van der Waals surface area contributed by atoms with Crippen LogP contribution in [-0.2, 0) is 0 Å². The molecule has 0 aliphatic carbocycles. The highest BCUT2D eigenvalue weighted by Crippen LogP contribution is 2.52. The van der Waals surface area contributed by atoms with E-state index < -0.39 is 7.53 Å². The van der Waals surface area contributed by atoms with Gasteiger partial charge in [0.1, 0.15) is 0 Å². The standard InChI is InChI=1S/C24H31OP/c1-6-7-8-11-17(4)19-14-15-21-23(25)20-12-9-10-13-22(20)26(16(2)3)24(21)18(19)5/h9-10,12-17H,6-8,11H2,1-5H3. The van der Waals surface area contributed by atoms with Gasteiger partial charge in [-0.25, -0.2) is 0 Å². The molecule has 0 aliphatic rings. The fourth-order valence-electron chi connectivity index (χ4n) is 4.28. The Kier molecular flexibility index (Phi) is 5.88. The Bertz CT molecular complexity index is 981. The SMILES string of the molecule is CCCCCC(C)c1ccc2c(=O)c3ccccc3p(C(C)C)c2c1C. The summed E-state index contributed by atoms with van der Waals surface area (Å²) in [6, 6.07) is 12.6. The van der Waals surface area contributed by atoms with Gasteiger partial charge < -0.3 is 0 Å². The molecule has 0 radical (unpaired) electrons. The van der Waals surface area contributed by atoms with Crippen LogP contribution in [0.4, 0.5) is 0 Å². The number of aryl methyl sites for hydroxylation is 1. The van der Waals surface area contributed by atoms with Crippen molar-refractivity contribution in [3.8, 4) is 0 Å². The summed E-state index contributed by atoms with van der Waals surface area (Å²) >= 11 is 0. The monoisotopic (exact) mass is 366 g/mol. The van der Waals surface area contributed by atoms with Crippen molar-refractivity contribution >= 4 is 28.5 Å². The maximum absolute atomic E-state index is 13.1. The molecule has 0 fully saturated rings. The van der Waals surface area contributed by atoms with E-state index >= 15 is 0 Å². The summed E-state index contributed by atoms with van der Waals surface area (Å²) < 4.78 is 0. The lowest BCUT2D eigenvalue weighted by Crippen LogP contribution is -2.05. The molecule has 0 saturated carbocycles. The molecule has 2 aromatic carbocycles.